The van der Waals surface area contributed by atoms with Crippen molar-refractivity contribution in [2.24, 2.45) is 0 Å². The predicted octanol–water partition coefficient (Wildman–Crippen LogP) is 3.67. The molecule has 7 heteroatoms. The summed E-state index contributed by atoms with van der Waals surface area (Å²) in [6.45, 7) is 8.35. The first-order valence-electron chi connectivity index (χ1n) is 7.40. The van der Waals surface area contributed by atoms with Gasteiger partial charge in [0.1, 0.15) is 24.4 Å². The molecule has 2 aromatic rings. The monoisotopic (exact) mass is 324 g/mol. The van der Waals surface area contributed by atoms with Gasteiger partial charge in [-0.05, 0) is 18.9 Å². The van der Waals surface area contributed by atoms with Gasteiger partial charge in [-0.2, -0.15) is 0 Å². The Balaban J connectivity index is 1.80. The van der Waals surface area contributed by atoms with E-state index in [1.165, 1.54) is 19.2 Å². The maximum Gasteiger partial charge on any atom is 0.166 e. The summed E-state index contributed by atoms with van der Waals surface area (Å²) >= 11 is 6.13. The number of aromatic nitrogens is 4. The molecule has 0 bridgehead atoms. The molecule has 0 aromatic carbocycles. The van der Waals surface area contributed by atoms with Gasteiger partial charge in [0, 0.05) is 20.6 Å². The number of rotatable bonds is 6. The summed E-state index contributed by atoms with van der Waals surface area (Å²) in [7, 11) is -1.06. The number of halogens is 1. The normalized spacial score (nSPS) is 15.8. The van der Waals surface area contributed by atoms with E-state index in [0.717, 1.165) is 24.1 Å². The Labute approximate surface area is 130 Å². The highest BCUT2D eigenvalue weighted by Crippen LogP contribution is 2.40. The zero-order valence-corrected chi connectivity index (χ0v) is 14.5. The second kappa shape index (κ2) is 5.66. The van der Waals surface area contributed by atoms with E-state index in [-0.39, 0.29) is 0 Å². The highest BCUT2D eigenvalue weighted by Gasteiger charge is 2.30. The molecule has 1 aliphatic rings. The summed E-state index contributed by atoms with van der Waals surface area (Å²) in [5.41, 5.74) is 1.47. The van der Waals surface area contributed by atoms with Gasteiger partial charge in [-0.25, -0.2) is 15.0 Å². The second-order valence-corrected chi connectivity index (χ2v) is 12.8. The first-order valence-corrected chi connectivity index (χ1v) is 11.5. The third kappa shape index (κ3) is 3.44. The van der Waals surface area contributed by atoms with Crippen molar-refractivity contribution in [1.29, 1.82) is 0 Å². The molecule has 0 amide bonds. The molecule has 1 saturated carbocycles. The quantitative estimate of drug-likeness (QED) is 0.462. The summed E-state index contributed by atoms with van der Waals surface area (Å²) in [5, 5.41) is 0.419. The summed E-state index contributed by atoms with van der Waals surface area (Å²) < 4.78 is 7.94. The molecule has 0 unspecified atom stereocenters. The molecule has 0 N–H and O–H groups in total. The third-order valence-electron chi connectivity index (χ3n) is 3.68. The molecule has 2 aromatic heterocycles. The van der Waals surface area contributed by atoms with Crippen LogP contribution in [0.5, 0.6) is 0 Å². The van der Waals surface area contributed by atoms with Gasteiger partial charge >= 0.3 is 0 Å². The van der Waals surface area contributed by atoms with Gasteiger partial charge in [0.25, 0.3) is 0 Å². The molecule has 2 heterocycles. The van der Waals surface area contributed by atoms with Crippen molar-refractivity contribution >= 4 is 30.8 Å². The topological polar surface area (TPSA) is 52.8 Å². The lowest BCUT2D eigenvalue weighted by atomic mass is 10.4. The number of hydrogen-bond acceptors (Lipinski definition) is 4. The van der Waals surface area contributed by atoms with Crippen LogP contribution in [0.25, 0.3) is 11.2 Å². The van der Waals surface area contributed by atoms with Crippen LogP contribution in [0.15, 0.2) is 6.33 Å². The van der Waals surface area contributed by atoms with Crippen LogP contribution in [-0.2, 0) is 11.5 Å². The van der Waals surface area contributed by atoms with Gasteiger partial charge < -0.3 is 4.74 Å². The molecule has 21 heavy (non-hydrogen) atoms. The predicted molar refractivity (Wildman–Crippen MR) is 86.4 cm³/mol. The van der Waals surface area contributed by atoms with E-state index >= 15 is 0 Å². The van der Waals surface area contributed by atoms with E-state index in [2.05, 4.69) is 39.2 Å². The Kier molecular flexibility index (Phi) is 4.03. The van der Waals surface area contributed by atoms with Crippen LogP contribution in [0.4, 0.5) is 0 Å². The smallest absolute Gasteiger partial charge is 0.166 e. The van der Waals surface area contributed by atoms with E-state index in [9.17, 15) is 0 Å². The van der Waals surface area contributed by atoms with Gasteiger partial charge in [0.15, 0.2) is 10.8 Å². The van der Waals surface area contributed by atoms with Crippen molar-refractivity contribution in [3.8, 4) is 0 Å². The van der Waals surface area contributed by atoms with E-state index < -0.39 is 8.07 Å². The Morgan fingerprint density at radius 1 is 1.33 bits per heavy atom. The molecule has 114 valence electrons. The second-order valence-electron chi connectivity index (χ2n) is 6.86. The van der Waals surface area contributed by atoms with Gasteiger partial charge in [0.2, 0.25) is 0 Å². The average molecular weight is 325 g/mol. The van der Waals surface area contributed by atoms with Gasteiger partial charge in [-0.15, -0.1) is 0 Å². The van der Waals surface area contributed by atoms with Crippen molar-refractivity contribution in [3.05, 3.63) is 17.3 Å². The highest BCUT2D eigenvalue weighted by atomic mass is 35.5. The SMILES string of the molecule is C[Si](C)(C)CCOCn1c(C2CC2)nc2c(Cl)ncnc21. The number of imidazole rings is 1. The molecule has 1 aliphatic carbocycles. The van der Waals surface area contributed by atoms with Crippen LogP contribution >= 0.6 is 11.6 Å². The molecule has 0 saturated heterocycles. The maximum absolute atomic E-state index is 6.13. The van der Waals surface area contributed by atoms with Gasteiger partial charge in [0.05, 0.1) is 0 Å². The van der Waals surface area contributed by atoms with Crippen molar-refractivity contribution in [2.45, 2.75) is 51.2 Å². The Bertz CT molecular complexity index is 648. The van der Waals surface area contributed by atoms with E-state index in [1.54, 1.807) is 0 Å². The highest BCUT2D eigenvalue weighted by molar-refractivity contribution is 6.76. The Hall–Kier alpha value is -0.983. The van der Waals surface area contributed by atoms with Gasteiger partial charge in [-0.3, -0.25) is 4.57 Å². The molecule has 5 nitrogen and oxygen atoms in total. The van der Waals surface area contributed by atoms with Crippen molar-refractivity contribution < 1.29 is 4.74 Å². The minimum Gasteiger partial charge on any atom is -0.361 e. The minimum atomic E-state index is -1.06. The minimum absolute atomic E-state index is 0.419. The van der Waals surface area contributed by atoms with Crippen LogP contribution in [0.3, 0.4) is 0 Å². The van der Waals surface area contributed by atoms with Crippen LogP contribution in [0, 0.1) is 0 Å². The molecule has 0 aliphatic heterocycles. The van der Waals surface area contributed by atoms with Crippen LogP contribution < -0.4 is 0 Å². The van der Waals surface area contributed by atoms with Gasteiger partial charge in [-0.1, -0.05) is 31.2 Å². The first kappa shape index (κ1) is 14.9. The lowest BCUT2D eigenvalue weighted by Gasteiger charge is -2.16. The van der Waals surface area contributed by atoms with Crippen LogP contribution in [0.2, 0.25) is 30.8 Å². The summed E-state index contributed by atoms with van der Waals surface area (Å²) in [5.74, 6) is 1.57. The Morgan fingerprint density at radius 2 is 2.10 bits per heavy atom. The Morgan fingerprint density at radius 3 is 2.76 bits per heavy atom. The molecule has 0 radical (unpaired) electrons. The zero-order chi connectivity index (χ0) is 15.0. The standard InChI is InChI=1S/C14H21ClN4OSi/c1-21(2,3)7-6-20-9-19-13(10-4-5-10)18-11-12(15)16-8-17-14(11)19/h8,10H,4-7,9H2,1-3H3. The first-order chi connectivity index (χ1) is 9.96. The lowest BCUT2D eigenvalue weighted by Crippen LogP contribution is -2.22. The molecule has 0 spiro atoms. The van der Waals surface area contributed by atoms with E-state index in [0.29, 0.717) is 23.3 Å². The van der Waals surface area contributed by atoms with Crippen LogP contribution in [0.1, 0.15) is 24.6 Å². The number of hydrogen-bond donors (Lipinski definition) is 0. The molecule has 1 fully saturated rings. The fourth-order valence-corrected chi connectivity index (χ4v) is 3.17. The summed E-state index contributed by atoms with van der Waals surface area (Å²) in [4.78, 5) is 13.0. The van der Waals surface area contributed by atoms with Crippen molar-refractivity contribution in [2.75, 3.05) is 6.61 Å². The number of fused-ring (bicyclic) bond motifs is 1. The third-order valence-corrected chi connectivity index (χ3v) is 5.66. The molecule has 0 atom stereocenters. The molecular formula is C14H21ClN4OSi. The molecular weight excluding hydrogens is 304 g/mol. The molecule has 3 rings (SSSR count). The summed E-state index contributed by atoms with van der Waals surface area (Å²) in [6.07, 6.45) is 3.86. The number of nitrogens with zero attached hydrogens (tertiary/aromatic N) is 4. The van der Waals surface area contributed by atoms with Crippen LogP contribution in [-0.4, -0.2) is 34.2 Å². The fourth-order valence-electron chi connectivity index (χ4n) is 2.24. The summed E-state index contributed by atoms with van der Waals surface area (Å²) in [6, 6.07) is 1.16. The lowest BCUT2D eigenvalue weighted by molar-refractivity contribution is 0.0875. The van der Waals surface area contributed by atoms with E-state index in [1.807, 2.05) is 0 Å². The van der Waals surface area contributed by atoms with E-state index in [4.69, 9.17) is 16.3 Å². The fraction of sp³-hybridized carbons (Fsp3) is 0.643. The van der Waals surface area contributed by atoms with Crippen molar-refractivity contribution in [3.63, 3.8) is 0 Å². The van der Waals surface area contributed by atoms with Crippen molar-refractivity contribution in [1.82, 2.24) is 19.5 Å². The maximum atomic E-state index is 6.13. The average Bonchev–Trinajstić information content (AvgIpc) is 3.17. The zero-order valence-electron chi connectivity index (χ0n) is 12.8. The number of ether oxygens (including phenoxy) is 1. The largest absolute Gasteiger partial charge is 0.361 e.